The van der Waals surface area contributed by atoms with Crippen molar-refractivity contribution in [2.24, 2.45) is 0 Å². The number of amides is 1. The van der Waals surface area contributed by atoms with Crippen LogP contribution in [0.3, 0.4) is 0 Å². The number of thioether (sulfide) groups is 1. The number of fused-ring (bicyclic) bond motifs is 4. The van der Waals surface area contributed by atoms with Crippen molar-refractivity contribution in [2.75, 3.05) is 12.0 Å². The second kappa shape index (κ2) is 7.23. The van der Waals surface area contributed by atoms with E-state index in [1.54, 1.807) is 23.1 Å². The third kappa shape index (κ3) is 3.09. The number of benzene rings is 1. The summed E-state index contributed by atoms with van der Waals surface area (Å²) < 4.78 is 2.03. The first kappa shape index (κ1) is 17.7. The van der Waals surface area contributed by atoms with Crippen molar-refractivity contribution < 1.29 is 4.79 Å². The minimum atomic E-state index is -0.161. The van der Waals surface area contributed by atoms with Crippen LogP contribution in [0.25, 0.3) is 26.3 Å². The molecule has 0 radical (unpaired) electrons. The number of para-hydroxylation sites is 2. The van der Waals surface area contributed by atoms with Crippen LogP contribution in [-0.2, 0) is 0 Å². The largest absolute Gasteiger partial charge is 0.341 e. The van der Waals surface area contributed by atoms with Gasteiger partial charge in [0, 0.05) is 11.6 Å². The van der Waals surface area contributed by atoms with Crippen molar-refractivity contribution >= 4 is 66.7 Å². The lowest BCUT2D eigenvalue weighted by molar-refractivity contribution is 0.0938. The summed E-state index contributed by atoms with van der Waals surface area (Å²) in [6, 6.07) is 9.68. The monoisotopic (exact) mass is 427 g/mol. The predicted molar refractivity (Wildman–Crippen MR) is 118 cm³/mol. The van der Waals surface area contributed by atoms with Gasteiger partial charge in [0.05, 0.1) is 27.5 Å². The lowest BCUT2D eigenvalue weighted by atomic mass is 10.2. The number of thiazole rings is 1. The van der Waals surface area contributed by atoms with Crippen molar-refractivity contribution in [3.8, 4) is 0 Å². The van der Waals surface area contributed by atoms with E-state index in [0.29, 0.717) is 4.88 Å². The van der Waals surface area contributed by atoms with E-state index in [1.165, 1.54) is 11.3 Å². The van der Waals surface area contributed by atoms with Crippen LogP contribution < -0.4 is 5.32 Å². The Morgan fingerprint density at radius 1 is 1.36 bits per heavy atom. The Bertz CT molecular complexity index is 1250. The van der Waals surface area contributed by atoms with Gasteiger partial charge in [-0.15, -0.1) is 22.7 Å². The summed E-state index contributed by atoms with van der Waals surface area (Å²) in [7, 11) is 0. The maximum absolute atomic E-state index is 13.0. The van der Waals surface area contributed by atoms with Gasteiger partial charge >= 0.3 is 0 Å². The Labute approximate surface area is 173 Å². The zero-order valence-corrected chi connectivity index (χ0v) is 17.5. The van der Waals surface area contributed by atoms with Crippen LogP contribution >= 0.6 is 34.4 Å². The molecule has 0 bridgehead atoms. The molecule has 5 rings (SSSR count). The average Bonchev–Trinajstić information content (AvgIpc) is 3.44. The fourth-order valence-electron chi connectivity index (χ4n) is 3.24. The SMILES string of the molecule is CSCC[C@@H](NC(=O)c1cc2c(nc3sccn32)s1)c1nc2ccccc2[nH]1. The van der Waals surface area contributed by atoms with Gasteiger partial charge in [0.25, 0.3) is 5.91 Å². The molecule has 142 valence electrons. The van der Waals surface area contributed by atoms with E-state index in [4.69, 9.17) is 0 Å². The van der Waals surface area contributed by atoms with E-state index in [2.05, 4.69) is 26.5 Å². The van der Waals surface area contributed by atoms with Crippen molar-refractivity contribution in [3.63, 3.8) is 0 Å². The molecule has 1 amide bonds. The maximum atomic E-state index is 13.0. The number of hydrogen-bond acceptors (Lipinski definition) is 6. The van der Waals surface area contributed by atoms with Crippen molar-refractivity contribution in [3.05, 3.63) is 52.6 Å². The Balaban J connectivity index is 1.44. The molecule has 0 aliphatic heterocycles. The Morgan fingerprint density at radius 2 is 2.25 bits per heavy atom. The lowest BCUT2D eigenvalue weighted by Crippen LogP contribution is -2.29. The molecular formula is C19H17N5OS3. The predicted octanol–water partition coefficient (Wildman–Crippen LogP) is 4.71. The Kier molecular flexibility index (Phi) is 4.58. The number of imidazole rings is 2. The zero-order valence-electron chi connectivity index (χ0n) is 15.0. The third-order valence-corrected chi connectivity index (χ3v) is 7.03. The summed E-state index contributed by atoms with van der Waals surface area (Å²) in [6.07, 6.45) is 4.86. The van der Waals surface area contributed by atoms with Crippen LogP contribution in [0.4, 0.5) is 0 Å². The van der Waals surface area contributed by atoms with Crippen molar-refractivity contribution in [1.82, 2.24) is 24.7 Å². The number of aromatic nitrogens is 4. The summed E-state index contributed by atoms with van der Waals surface area (Å²) in [6.45, 7) is 0. The highest BCUT2D eigenvalue weighted by molar-refractivity contribution is 7.98. The molecule has 9 heteroatoms. The van der Waals surface area contributed by atoms with Gasteiger partial charge in [-0.2, -0.15) is 11.8 Å². The summed E-state index contributed by atoms with van der Waals surface area (Å²) in [5, 5.41) is 5.17. The molecule has 0 aliphatic rings. The zero-order chi connectivity index (χ0) is 19.1. The molecule has 1 aromatic carbocycles. The van der Waals surface area contributed by atoms with Gasteiger partial charge in [0.1, 0.15) is 10.7 Å². The quantitative estimate of drug-likeness (QED) is 0.411. The molecule has 4 heterocycles. The second-order valence-corrected chi connectivity index (χ2v) is 9.30. The first-order valence-electron chi connectivity index (χ1n) is 8.82. The van der Waals surface area contributed by atoms with Gasteiger partial charge in [0.15, 0.2) is 4.96 Å². The highest BCUT2D eigenvalue weighted by Gasteiger charge is 2.21. The van der Waals surface area contributed by atoms with Gasteiger partial charge in [-0.25, -0.2) is 9.97 Å². The second-order valence-electron chi connectivity index (χ2n) is 6.42. The Hall–Kier alpha value is -2.36. The molecule has 4 aromatic heterocycles. The van der Waals surface area contributed by atoms with Crippen LogP contribution in [0.1, 0.15) is 28.0 Å². The molecule has 6 nitrogen and oxygen atoms in total. The van der Waals surface area contributed by atoms with Crippen LogP contribution in [0, 0.1) is 0 Å². The van der Waals surface area contributed by atoms with Gasteiger partial charge in [-0.05, 0) is 36.6 Å². The van der Waals surface area contributed by atoms with Gasteiger partial charge in [-0.1, -0.05) is 12.1 Å². The standard InChI is InChI=1S/C19H17N5OS3/c1-26-8-6-13(16-20-11-4-2-3-5-12(11)21-16)22-17(25)15-10-14-18(28-15)23-19-24(14)7-9-27-19/h2-5,7,9-10,13H,6,8H2,1H3,(H,20,21)(H,22,25)/t13-/m1/s1. The first-order chi connectivity index (χ1) is 13.7. The fraction of sp³-hybridized carbons (Fsp3) is 0.211. The molecule has 0 saturated heterocycles. The van der Waals surface area contributed by atoms with Gasteiger partial charge in [-0.3, -0.25) is 9.20 Å². The van der Waals surface area contributed by atoms with Crippen LogP contribution in [0.2, 0.25) is 0 Å². The molecular weight excluding hydrogens is 410 g/mol. The number of hydrogen-bond donors (Lipinski definition) is 2. The highest BCUT2D eigenvalue weighted by Crippen LogP contribution is 2.29. The molecule has 1 atom stereocenters. The minimum absolute atomic E-state index is 0.0847. The number of nitrogens with one attached hydrogen (secondary N) is 2. The van der Waals surface area contributed by atoms with Crippen LogP contribution in [0.5, 0.6) is 0 Å². The van der Waals surface area contributed by atoms with E-state index in [1.807, 2.05) is 46.3 Å². The molecule has 28 heavy (non-hydrogen) atoms. The fourth-order valence-corrected chi connectivity index (χ4v) is 5.41. The number of aromatic amines is 1. The average molecular weight is 428 g/mol. The van der Waals surface area contributed by atoms with Gasteiger partial charge < -0.3 is 10.3 Å². The number of carbonyl (C=O) groups excluding carboxylic acids is 1. The molecule has 2 N–H and O–H groups in total. The van der Waals surface area contributed by atoms with Crippen molar-refractivity contribution in [1.29, 1.82) is 0 Å². The first-order valence-corrected chi connectivity index (χ1v) is 11.9. The molecule has 0 aliphatic carbocycles. The Morgan fingerprint density at radius 3 is 3.11 bits per heavy atom. The van der Waals surface area contributed by atoms with E-state index in [9.17, 15) is 4.79 Å². The highest BCUT2D eigenvalue weighted by atomic mass is 32.2. The normalized spacial score (nSPS) is 12.9. The third-order valence-electron chi connectivity index (χ3n) is 4.62. The minimum Gasteiger partial charge on any atom is -0.341 e. The topological polar surface area (TPSA) is 75.1 Å². The number of carbonyl (C=O) groups is 1. The molecule has 5 aromatic rings. The number of H-pyrrole nitrogens is 1. The summed E-state index contributed by atoms with van der Waals surface area (Å²) in [5.41, 5.74) is 2.88. The molecule has 0 saturated carbocycles. The lowest BCUT2D eigenvalue weighted by Gasteiger charge is -2.15. The number of rotatable bonds is 6. The summed E-state index contributed by atoms with van der Waals surface area (Å²) >= 11 is 4.78. The van der Waals surface area contributed by atoms with E-state index in [-0.39, 0.29) is 11.9 Å². The smallest absolute Gasteiger partial charge is 0.262 e. The van der Waals surface area contributed by atoms with Crippen LogP contribution in [0.15, 0.2) is 41.9 Å². The van der Waals surface area contributed by atoms with Crippen molar-refractivity contribution in [2.45, 2.75) is 12.5 Å². The summed E-state index contributed by atoms with van der Waals surface area (Å²) in [4.78, 5) is 28.1. The maximum Gasteiger partial charge on any atom is 0.262 e. The summed E-state index contributed by atoms with van der Waals surface area (Å²) in [5.74, 6) is 1.65. The van der Waals surface area contributed by atoms with Crippen LogP contribution in [-0.4, -0.2) is 37.3 Å². The number of thiophene rings is 1. The van der Waals surface area contributed by atoms with Gasteiger partial charge in [0.2, 0.25) is 0 Å². The molecule has 0 unspecified atom stereocenters. The van der Waals surface area contributed by atoms with E-state index in [0.717, 1.165) is 44.3 Å². The van der Waals surface area contributed by atoms with E-state index < -0.39 is 0 Å². The molecule has 0 spiro atoms. The number of nitrogens with zero attached hydrogens (tertiary/aromatic N) is 3. The molecule has 0 fully saturated rings. The van der Waals surface area contributed by atoms with E-state index >= 15 is 0 Å².